The van der Waals surface area contributed by atoms with Gasteiger partial charge in [0, 0.05) is 21.2 Å². The number of fused-ring (bicyclic) bond motifs is 3. The van der Waals surface area contributed by atoms with Gasteiger partial charge < -0.3 is 5.32 Å². The Labute approximate surface area is 204 Å². The number of para-hydroxylation sites is 1. The average Bonchev–Trinajstić information content (AvgIpc) is 3.46. The van der Waals surface area contributed by atoms with Crippen LogP contribution in [0.4, 0.5) is 5.69 Å². The van der Waals surface area contributed by atoms with Crippen LogP contribution >= 0.6 is 34.7 Å². The monoisotopic (exact) mass is 494 g/mol. The number of benzene rings is 2. The Bertz CT molecular complexity index is 1270. The summed E-state index contributed by atoms with van der Waals surface area (Å²) in [5.41, 5.74) is 2.50. The van der Waals surface area contributed by atoms with Crippen LogP contribution in [0.5, 0.6) is 0 Å². The number of hydrogen-bond donors (Lipinski definition) is 1. The lowest BCUT2D eigenvalue weighted by Crippen LogP contribution is -2.42. The third kappa shape index (κ3) is 4.59. The molecule has 0 saturated heterocycles. The fourth-order valence-corrected chi connectivity index (χ4v) is 5.57. The molecular weight excluding hydrogens is 476 g/mol. The molecule has 0 fully saturated rings. The second-order valence-electron chi connectivity index (χ2n) is 7.49. The summed E-state index contributed by atoms with van der Waals surface area (Å²) in [5, 5.41) is 6.05. The molecule has 2 aromatic carbocycles. The lowest BCUT2D eigenvalue weighted by molar-refractivity contribution is -0.128. The standard InChI is InChI=1S/C24H19ClN4O2S2/c25-18-9-3-1-6-15(18)14-33-24-28-19-10-4-2-8-17(19)22-27-20(23(31)29(22)24)12-21(30)26-13-16-7-5-11-32-16/h1-11,20H,12-14H2,(H,26,30)/t20-/m1/s1. The highest BCUT2D eigenvalue weighted by Gasteiger charge is 2.42. The number of carbonyl (C=O) groups excluding carboxylic acids is 2. The second-order valence-corrected chi connectivity index (χ2v) is 9.88. The third-order valence-corrected chi connectivity index (χ3v) is 7.51. The van der Waals surface area contributed by atoms with Crippen LogP contribution in [0.2, 0.25) is 5.02 Å². The molecule has 166 valence electrons. The van der Waals surface area contributed by atoms with Crippen LogP contribution in [0.15, 0.2) is 76.0 Å². The van der Waals surface area contributed by atoms with Gasteiger partial charge in [-0.25, -0.2) is 9.89 Å². The maximum Gasteiger partial charge on any atom is 0.259 e. The molecule has 2 aliphatic heterocycles. The SMILES string of the molecule is O=C(C[C@H]1N=C2c3ccccc3N=C(SCc3ccccc3Cl)N2C1=O)NCc1cccs1. The predicted molar refractivity (Wildman–Crippen MR) is 134 cm³/mol. The molecule has 9 heteroatoms. The summed E-state index contributed by atoms with van der Waals surface area (Å²) >= 11 is 9.31. The average molecular weight is 495 g/mol. The van der Waals surface area contributed by atoms with Crippen molar-refractivity contribution in [1.82, 2.24) is 10.2 Å². The van der Waals surface area contributed by atoms with Crippen molar-refractivity contribution < 1.29 is 9.59 Å². The molecule has 1 aromatic heterocycles. The topological polar surface area (TPSA) is 74.1 Å². The van der Waals surface area contributed by atoms with E-state index in [1.807, 2.05) is 66.0 Å². The van der Waals surface area contributed by atoms with Gasteiger partial charge in [0.1, 0.15) is 11.9 Å². The molecule has 6 nitrogen and oxygen atoms in total. The van der Waals surface area contributed by atoms with Gasteiger partial charge in [-0.2, -0.15) is 0 Å². The molecular formula is C24H19ClN4O2S2. The third-order valence-electron chi connectivity index (χ3n) is 5.28. The molecule has 3 aromatic rings. The molecule has 0 radical (unpaired) electrons. The van der Waals surface area contributed by atoms with Crippen LogP contribution in [0.25, 0.3) is 0 Å². The minimum absolute atomic E-state index is 0.00512. The zero-order valence-electron chi connectivity index (χ0n) is 17.4. The Hall–Kier alpha value is -2.94. The lowest BCUT2D eigenvalue weighted by atomic mass is 10.1. The summed E-state index contributed by atoms with van der Waals surface area (Å²) < 4.78 is 0. The molecule has 1 N–H and O–H groups in total. The van der Waals surface area contributed by atoms with Crippen molar-refractivity contribution in [2.45, 2.75) is 24.8 Å². The molecule has 0 spiro atoms. The van der Waals surface area contributed by atoms with Gasteiger partial charge in [0.05, 0.1) is 18.7 Å². The first-order valence-corrected chi connectivity index (χ1v) is 12.6. The molecule has 0 aliphatic carbocycles. The number of nitrogens with zero attached hydrogens (tertiary/aromatic N) is 3. The summed E-state index contributed by atoms with van der Waals surface area (Å²) in [7, 11) is 0. The number of carbonyl (C=O) groups is 2. The fourth-order valence-electron chi connectivity index (χ4n) is 3.64. The lowest BCUT2D eigenvalue weighted by Gasteiger charge is -2.25. The number of amides is 2. The van der Waals surface area contributed by atoms with Crippen molar-refractivity contribution in [3.63, 3.8) is 0 Å². The van der Waals surface area contributed by atoms with Gasteiger partial charge in [0.15, 0.2) is 5.17 Å². The van der Waals surface area contributed by atoms with Crippen LogP contribution in [0.1, 0.15) is 22.4 Å². The van der Waals surface area contributed by atoms with Crippen LogP contribution in [-0.2, 0) is 21.9 Å². The number of nitrogens with one attached hydrogen (secondary N) is 1. The molecule has 2 amide bonds. The Morgan fingerprint density at radius 3 is 2.76 bits per heavy atom. The minimum Gasteiger partial charge on any atom is -0.351 e. The van der Waals surface area contributed by atoms with Gasteiger partial charge in [0.2, 0.25) is 5.91 Å². The largest absolute Gasteiger partial charge is 0.351 e. The summed E-state index contributed by atoms with van der Waals surface area (Å²) in [6.07, 6.45) is -0.00512. The summed E-state index contributed by atoms with van der Waals surface area (Å²) in [4.78, 5) is 37.8. The van der Waals surface area contributed by atoms with Crippen molar-refractivity contribution in [3.8, 4) is 0 Å². The molecule has 0 saturated carbocycles. The molecule has 33 heavy (non-hydrogen) atoms. The smallest absolute Gasteiger partial charge is 0.259 e. The van der Waals surface area contributed by atoms with Crippen LogP contribution in [-0.4, -0.2) is 33.8 Å². The summed E-state index contributed by atoms with van der Waals surface area (Å²) in [5.74, 6) is 0.657. The molecule has 2 aliphatic rings. The van der Waals surface area contributed by atoms with Crippen molar-refractivity contribution in [3.05, 3.63) is 87.1 Å². The van der Waals surface area contributed by atoms with Gasteiger partial charge in [-0.05, 0) is 35.2 Å². The van der Waals surface area contributed by atoms with Crippen molar-refractivity contribution in [2.24, 2.45) is 9.98 Å². The zero-order valence-corrected chi connectivity index (χ0v) is 19.8. The van der Waals surface area contributed by atoms with Crippen LogP contribution < -0.4 is 5.32 Å². The van der Waals surface area contributed by atoms with E-state index in [1.54, 1.807) is 16.2 Å². The predicted octanol–water partition coefficient (Wildman–Crippen LogP) is 5.00. The van der Waals surface area contributed by atoms with E-state index in [1.165, 1.54) is 11.8 Å². The highest BCUT2D eigenvalue weighted by molar-refractivity contribution is 8.13. The molecule has 3 heterocycles. The number of halogens is 1. The fraction of sp³-hybridized carbons (Fsp3) is 0.167. The molecule has 1 atom stereocenters. The van der Waals surface area contributed by atoms with Gasteiger partial charge in [-0.15, -0.1) is 11.3 Å². The van der Waals surface area contributed by atoms with Gasteiger partial charge in [-0.1, -0.05) is 59.8 Å². The van der Waals surface area contributed by atoms with E-state index in [4.69, 9.17) is 16.6 Å². The van der Waals surface area contributed by atoms with Crippen LogP contribution in [0, 0.1) is 0 Å². The number of thioether (sulfide) groups is 1. The Kier molecular flexibility index (Phi) is 6.30. The van der Waals surface area contributed by atoms with Crippen LogP contribution in [0.3, 0.4) is 0 Å². The highest BCUT2D eigenvalue weighted by Crippen LogP contribution is 2.35. The summed E-state index contributed by atoms with van der Waals surface area (Å²) in [6.45, 7) is 0.445. The van der Waals surface area contributed by atoms with E-state index >= 15 is 0 Å². The first-order chi connectivity index (χ1) is 16.1. The van der Waals surface area contributed by atoms with E-state index in [-0.39, 0.29) is 18.2 Å². The first kappa shape index (κ1) is 21.9. The Morgan fingerprint density at radius 2 is 1.94 bits per heavy atom. The maximum absolute atomic E-state index is 13.3. The Morgan fingerprint density at radius 1 is 1.12 bits per heavy atom. The van der Waals surface area contributed by atoms with Crippen molar-refractivity contribution in [1.29, 1.82) is 0 Å². The quantitative estimate of drug-likeness (QED) is 0.524. The second kappa shape index (κ2) is 9.51. The minimum atomic E-state index is -0.777. The van der Waals surface area contributed by atoms with E-state index in [0.717, 1.165) is 21.7 Å². The van der Waals surface area contributed by atoms with E-state index < -0.39 is 6.04 Å². The number of amidine groups is 2. The number of thiophene rings is 1. The van der Waals surface area contributed by atoms with Gasteiger partial charge in [-0.3, -0.25) is 14.6 Å². The highest BCUT2D eigenvalue weighted by atomic mass is 35.5. The number of aliphatic imine (C=N–C) groups is 2. The Balaban J connectivity index is 1.36. The molecule has 0 unspecified atom stereocenters. The van der Waals surface area contributed by atoms with Crippen molar-refractivity contribution in [2.75, 3.05) is 0 Å². The normalized spacial score (nSPS) is 16.7. The van der Waals surface area contributed by atoms with E-state index in [9.17, 15) is 9.59 Å². The summed E-state index contributed by atoms with van der Waals surface area (Å²) in [6, 6.07) is 18.3. The zero-order chi connectivity index (χ0) is 22.8. The number of hydrogen-bond acceptors (Lipinski definition) is 6. The van der Waals surface area contributed by atoms with Gasteiger partial charge in [0.25, 0.3) is 5.91 Å². The van der Waals surface area contributed by atoms with Gasteiger partial charge >= 0.3 is 0 Å². The molecule has 5 rings (SSSR count). The van der Waals surface area contributed by atoms with Crippen molar-refractivity contribution >= 4 is 63.2 Å². The maximum atomic E-state index is 13.3. The first-order valence-electron chi connectivity index (χ1n) is 10.4. The van der Waals surface area contributed by atoms with E-state index in [2.05, 4.69) is 10.3 Å². The molecule has 0 bridgehead atoms. The van der Waals surface area contributed by atoms with E-state index in [0.29, 0.717) is 28.3 Å². The number of rotatable bonds is 6.